The molecule has 0 aliphatic heterocycles. The van der Waals surface area contributed by atoms with Gasteiger partial charge in [-0.15, -0.1) is 0 Å². The average Bonchev–Trinajstić information content (AvgIpc) is 1.37. The molecule has 18 valence electrons. The van der Waals surface area contributed by atoms with Crippen molar-refractivity contribution in [3.05, 3.63) is 0 Å². The molecule has 0 fully saturated rings. The van der Waals surface area contributed by atoms with E-state index in [1.54, 1.807) is 0 Å². The molecule has 0 heterocycles. The van der Waals surface area contributed by atoms with Gasteiger partial charge in [0.2, 0.25) is 0 Å². The second-order valence-electron chi connectivity index (χ2n) is 0.512. The van der Waals surface area contributed by atoms with E-state index in [1.165, 1.54) is 0 Å². The van der Waals surface area contributed by atoms with Gasteiger partial charge in [-0.1, -0.05) is 0 Å². The first-order valence-electron chi connectivity index (χ1n) is 1.28. The van der Waals surface area contributed by atoms with Crippen molar-refractivity contribution in [1.29, 1.82) is 5.26 Å². The van der Waals surface area contributed by atoms with Gasteiger partial charge in [-0.25, -0.2) is 0 Å². The third kappa shape index (κ3) is 2.43. The van der Waals surface area contributed by atoms with Crippen LogP contribution >= 0.6 is 0 Å². The molecular formula is C2H3HgN. The second kappa shape index (κ2) is 3.43. The topological polar surface area (TPSA) is 23.8 Å². The van der Waals surface area contributed by atoms with Crippen molar-refractivity contribution in [2.75, 3.05) is 0 Å². The predicted molar refractivity (Wildman–Crippen MR) is 11.5 cm³/mol. The first-order valence-corrected chi connectivity index (χ1v) is 9.53. The Kier molecular flexibility index (Phi) is 3.79. The van der Waals surface area contributed by atoms with Gasteiger partial charge in [-0.05, 0) is 0 Å². The van der Waals surface area contributed by atoms with E-state index < -0.39 is 24.6 Å². The van der Waals surface area contributed by atoms with Crippen LogP contribution in [0.5, 0.6) is 0 Å². The van der Waals surface area contributed by atoms with Gasteiger partial charge in [0.15, 0.2) is 0 Å². The summed E-state index contributed by atoms with van der Waals surface area (Å²) in [6.07, 6.45) is 0. The van der Waals surface area contributed by atoms with Gasteiger partial charge < -0.3 is 0 Å². The number of nitrogens with zero attached hydrogens (tertiary/aromatic N) is 1. The van der Waals surface area contributed by atoms with Gasteiger partial charge in [0.1, 0.15) is 0 Å². The first kappa shape index (κ1) is 4.43. The molecule has 0 radical (unpaired) electrons. The molecular weight excluding hydrogens is 239 g/mol. The summed E-state index contributed by atoms with van der Waals surface area (Å²) in [6, 6.07) is 0. The zero-order valence-electron chi connectivity index (χ0n) is 2.65. The molecule has 0 saturated carbocycles. The van der Waals surface area contributed by atoms with Gasteiger partial charge >= 0.3 is 37.8 Å². The van der Waals surface area contributed by atoms with Crippen molar-refractivity contribution in [3.63, 3.8) is 0 Å². The zero-order valence-corrected chi connectivity index (χ0v) is 8.15. The summed E-state index contributed by atoms with van der Waals surface area (Å²) in [5.41, 5.74) is 0. The van der Waals surface area contributed by atoms with E-state index in [2.05, 4.69) is 3.58 Å². The van der Waals surface area contributed by atoms with Crippen molar-refractivity contribution in [2.45, 2.75) is 4.43 Å². The molecule has 0 N–H and O–H groups in total. The van der Waals surface area contributed by atoms with Crippen LogP contribution in [0.4, 0.5) is 0 Å². The van der Waals surface area contributed by atoms with Crippen molar-refractivity contribution in [3.8, 4) is 3.58 Å². The third-order valence-electron chi connectivity index (χ3n) is 0.158. The summed E-state index contributed by atoms with van der Waals surface area (Å²) in [7, 11) is 0. The Hall–Kier alpha value is 0.425. The molecule has 4 heavy (non-hydrogen) atoms. The van der Waals surface area contributed by atoms with Gasteiger partial charge in [0, 0.05) is 0 Å². The van der Waals surface area contributed by atoms with Gasteiger partial charge in [-0.3, -0.25) is 0 Å². The molecule has 0 aliphatic rings. The second-order valence-corrected chi connectivity index (χ2v) is 4.49. The SMILES string of the molecule is [CH3][Hg][C]#N. The van der Waals surface area contributed by atoms with Crippen LogP contribution in [0.2, 0.25) is 4.43 Å². The van der Waals surface area contributed by atoms with Crippen LogP contribution in [-0.2, 0) is 24.6 Å². The zero-order chi connectivity index (χ0) is 3.41. The van der Waals surface area contributed by atoms with Gasteiger partial charge in [0.05, 0.1) is 0 Å². The molecule has 0 unspecified atom stereocenters. The molecule has 0 saturated heterocycles. The van der Waals surface area contributed by atoms with Crippen molar-refractivity contribution < 1.29 is 24.6 Å². The minimum absolute atomic E-state index is 0.807. The van der Waals surface area contributed by atoms with Crippen LogP contribution in [0.3, 0.4) is 0 Å². The van der Waals surface area contributed by atoms with Crippen molar-refractivity contribution in [1.82, 2.24) is 0 Å². The fraction of sp³-hybridized carbons (Fsp3) is 0.500. The van der Waals surface area contributed by atoms with Crippen molar-refractivity contribution in [2.24, 2.45) is 0 Å². The predicted octanol–water partition coefficient (Wildman–Crippen LogP) is 0.598. The molecule has 2 heteroatoms. The molecule has 0 aromatic heterocycles. The van der Waals surface area contributed by atoms with Crippen LogP contribution in [0.25, 0.3) is 0 Å². The number of rotatable bonds is 0. The molecule has 0 aromatic carbocycles. The Morgan fingerprint density at radius 3 is 2.25 bits per heavy atom. The molecule has 0 bridgehead atoms. The normalized spacial score (nSPS) is 3.00. The monoisotopic (exact) mass is 243 g/mol. The van der Waals surface area contributed by atoms with Gasteiger partial charge in [0.25, 0.3) is 0 Å². The Morgan fingerprint density at radius 1 is 2.00 bits per heavy atom. The Balaban J connectivity index is 2.43. The molecule has 0 aromatic rings. The molecule has 0 rings (SSSR count). The fourth-order valence-corrected chi connectivity index (χ4v) is 0. The molecule has 0 spiro atoms. The Labute approximate surface area is 38.1 Å². The van der Waals surface area contributed by atoms with E-state index in [4.69, 9.17) is 5.26 Å². The van der Waals surface area contributed by atoms with E-state index in [-0.39, 0.29) is 0 Å². The van der Waals surface area contributed by atoms with Crippen LogP contribution in [-0.4, -0.2) is 0 Å². The van der Waals surface area contributed by atoms with E-state index in [1.807, 2.05) is 4.43 Å². The molecule has 0 aliphatic carbocycles. The van der Waals surface area contributed by atoms with E-state index in [9.17, 15) is 0 Å². The first-order chi connectivity index (χ1) is 1.91. The summed E-state index contributed by atoms with van der Waals surface area (Å²) in [5, 5.41) is 7.72. The van der Waals surface area contributed by atoms with E-state index in [0.717, 1.165) is 0 Å². The van der Waals surface area contributed by atoms with E-state index in [0.29, 0.717) is 0 Å². The maximum absolute atomic E-state index is 7.72. The average molecular weight is 242 g/mol. The number of nitriles is 1. The maximum atomic E-state index is 7.72. The fourth-order valence-electron chi connectivity index (χ4n) is 0. The van der Waals surface area contributed by atoms with Gasteiger partial charge in [-0.2, -0.15) is 0 Å². The Bertz CT molecular complexity index is 35.8. The van der Waals surface area contributed by atoms with Crippen LogP contribution < -0.4 is 0 Å². The molecule has 0 atom stereocenters. The quantitative estimate of drug-likeness (QED) is 0.570. The third-order valence-corrected chi connectivity index (χ3v) is 1.39. The Morgan fingerprint density at radius 2 is 2.25 bits per heavy atom. The van der Waals surface area contributed by atoms with Crippen molar-refractivity contribution >= 4 is 0 Å². The summed E-state index contributed by atoms with van der Waals surface area (Å²) in [5.74, 6) is 0. The van der Waals surface area contributed by atoms with Crippen LogP contribution in [0.15, 0.2) is 0 Å². The van der Waals surface area contributed by atoms with E-state index >= 15 is 0 Å². The van der Waals surface area contributed by atoms with Crippen LogP contribution in [0.1, 0.15) is 0 Å². The summed E-state index contributed by atoms with van der Waals surface area (Å²) >= 11 is -0.807. The minimum atomic E-state index is -0.807. The van der Waals surface area contributed by atoms with Crippen LogP contribution in [0, 0.1) is 8.84 Å². The summed E-state index contributed by atoms with van der Waals surface area (Å²) < 4.78 is 4.19. The molecule has 1 nitrogen and oxygen atoms in total. The molecule has 0 amide bonds. The summed E-state index contributed by atoms with van der Waals surface area (Å²) in [4.78, 5) is 0. The number of hydrogen-bond acceptors (Lipinski definition) is 1. The summed E-state index contributed by atoms with van der Waals surface area (Å²) in [6.45, 7) is 0. The standard InChI is InChI=1S/CN.CH3.Hg/c1-2;;/h;1H3;. The number of hydrogen-bond donors (Lipinski definition) is 0.